The molecule has 35 heavy (non-hydrogen) atoms. The van der Waals surface area contributed by atoms with Crippen molar-refractivity contribution >= 4 is 50.9 Å². The first-order chi connectivity index (χ1) is 16.9. The van der Waals surface area contributed by atoms with Crippen molar-refractivity contribution in [1.82, 2.24) is 10.2 Å². The first-order valence-corrected chi connectivity index (χ1v) is 13.2. The van der Waals surface area contributed by atoms with Crippen LogP contribution < -0.4 is 5.32 Å². The number of nitrogens with zero attached hydrogens (tertiary/aromatic N) is 1. The second kappa shape index (κ2) is 13.7. The summed E-state index contributed by atoms with van der Waals surface area (Å²) in [7, 11) is 0. The maximum absolute atomic E-state index is 13.7. The van der Waals surface area contributed by atoms with E-state index in [1.54, 1.807) is 23.1 Å². The Morgan fingerprint density at radius 2 is 1.60 bits per heavy atom. The molecule has 0 heterocycles. The van der Waals surface area contributed by atoms with Crippen molar-refractivity contribution < 1.29 is 9.59 Å². The number of rotatable bonds is 11. The molecule has 1 atom stereocenters. The van der Waals surface area contributed by atoms with Gasteiger partial charge in [0, 0.05) is 24.0 Å². The Balaban J connectivity index is 1.94. The van der Waals surface area contributed by atoms with Crippen molar-refractivity contribution in [3.63, 3.8) is 0 Å². The lowest BCUT2D eigenvalue weighted by Gasteiger charge is -2.32. The molecular formula is C28H29BrCl2N2O2. The van der Waals surface area contributed by atoms with Crippen LogP contribution in [0.3, 0.4) is 0 Å². The molecule has 3 aromatic rings. The number of unbranched alkanes of at least 4 members (excludes halogenated alkanes) is 1. The summed E-state index contributed by atoms with van der Waals surface area (Å²) in [5.74, 6) is -0.306. The van der Waals surface area contributed by atoms with Gasteiger partial charge in [0.05, 0.1) is 16.5 Å². The molecule has 0 radical (unpaired) electrons. The van der Waals surface area contributed by atoms with Crippen molar-refractivity contribution in [3.05, 3.63) is 104 Å². The molecule has 0 saturated heterocycles. The summed E-state index contributed by atoms with van der Waals surface area (Å²) < 4.78 is 0.952. The summed E-state index contributed by atoms with van der Waals surface area (Å²) in [5, 5.41) is 3.87. The number of amides is 2. The zero-order chi connectivity index (χ0) is 25.2. The molecule has 2 amide bonds. The molecule has 0 aliphatic carbocycles. The molecule has 0 saturated carbocycles. The number of benzene rings is 3. The van der Waals surface area contributed by atoms with E-state index >= 15 is 0 Å². The van der Waals surface area contributed by atoms with Gasteiger partial charge in [-0.25, -0.2) is 0 Å². The number of hydrogen-bond donors (Lipinski definition) is 1. The summed E-state index contributed by atoms with van der Waals surface area (Å²) in [5.41, 5.74) is 2.68. The smallest absolute Gasteiger partial charge is 0.243 e. The van der Waals surface area contributed by atoms with Gasteiger partial charge in [-0.2, -0.15) is 0 Å². The maximum Gasteiger partial charge on any atom is 0.243 e. The van der Waals surface area contributed by atoms with Crippen molar-refractivity contribution in [1.29, 1.82) is 0 Å². The van der Waals surface area contributed by atoms with Crippen LogP contribution in [-0.2, 0) is 29.0 Å². The quantitative estimate of drug-likeness (QED) is 0.254. The second-order valence-electron chi connectivity index (χ2n) is 8.42. The normalized spacial score (nSPS) is 11.7. The lowest BCUT2D eigenvalue weighted by Crippen LogP contribution is -2.51. The molecule has 3 rings (SSSR count). The lowest BCUT2D eigenvalue weighted by atomic mass is 10.0. The fraction of sp³-hybridized carbons (Fsp3) is 0.286. The number of nitrogens with one attached hydrogen (secondary N) is 1. The van der Waals surface area contributed by atoms with Crippen molar-refractivity contribution in [2.45, 2.75) is 45.2 Å². The van der Waals surface area contributed by atoms with Gasteiger partial charge in [0.2, 0.25) is 11.8 Å². The standard InChI is InChI=1S/C28H29BrCl2N2O2/c1-2-3-15-32-28(35)26(17-20-7-5-4-6-8-20)33(19-21-9-12-23(29)13-10-21)27(34)18-22-11-14-24(30)25(31)16-22/h4-14,16,26H,2-3,15,17-19H2,1H3,(H,32,35). The molecule has 1 unspecified atom stereocenters. The van der Waals surface area contributed by atoms with Crippen LogP contribution in [0.15, 0.2) is 77.3 Å². The van der Waals surface area contributed by atoms with Crippen molar-refractivity contribution in [2.24, 2.45) is 0 Å². The minimum absolute atomic E-state index is 0.112. The Morgan fingerprint density at radius 3 is 2.26 bits per heavy atom. The van der Waals surface area contributed by atoms with Crippen LogP contribution in [0, 0.1) is 0 Å². The van der Waals surface area contributed by atoms with Crippen molar-refractivity contribution in [2.75, 3.05) is 6.54 Å². The van der Waals surface area contributed by atoms with Gasteiger partial charge in [-0.3, -0.25) is 9.59 Å². The zero-order valence-electron chi connectivity index (χ0n) is 19.6. The highest BCUT2D eigenvalue weighted by Crippen LogP contribution is 2.24. The minimum atomic E-state index is -0.659. The van der Waals surface area contributed by atoms with Gasteiger partial charge in [-0.05, 0) is 47.4 Å². The van der Waals surface area contributed by atoms with Crippen LogP contribution in [-0.4, -0.2) is 29.3 Å². The summed E-state index contributed by atoms with van der Waals surface area (Å²) in [4.78, 5) is 28.8. The third-order valence-corrected chi connectivity index (χ3v) is 6.97. The van der Waals surface area contributed by atoms with Crippen molar-refractivity contribution in [3.8, 4) is 0 Å². The Labute approximate surface area is 225 Å². The molecule has 0 aliphatic rings. The SMILES string of the molecule is CCCCNC(=O)C(Cc1ccccc1)N(Cc1ccc(Br)cc1)C(=O)Cc1ccc(Cl)c(Cl)c1. The minimum Gasteiger partial charge on any atom is -0.354 e. The topological polar surface area (TPSA) is 49.4 Å². The van der Waals surface area contributed by atoms with Gasteiger partial charge in [-0.15, -0.1) is 0 Å². The van der Waals surface area contributed by atoms with E-state index in [4.69, 9.17) is 23.2 Å². The molecule has 7 heteroatoms. The third kappa shape index (κ3) is 8.38. The van der Waals surface area contributed by atoms with Crippen LogP contribution in [0.5, 0.6) is 0 Å². The number of carbonyl (C=O) groups excluding carboxylic acids is 2. The molecule has 184 valence electrons. The van der Waals surface area contributed by atoms with Gasteiger partial charge >= 0.3 is 0 Å². The van der Waals surface area contributed by atoms with Crippen LogP contribution in [0.1, 0.15) is 36.5 Å². The average molecular weight is 576 g/mol. The Kier molecular flexibility index (Phi) is 10.6. The number of hydrogen-bond acceptors (Lipinski definition) is 2. The molecule has 0 aromatic heterocycles. The number of carbonyl (C=O) groups is 2. The summed E-state index contributed by atoms with van der Waals surface area (Å²) in [6, 6.07) is 22.1. The van der Waals surface area contributed by atoms with Crippen LogP contribution in [0.2, 0.25) is 10.0 Å². The van der Waals surface area contributed by atoms with E-state index in [9.17, 15) is 9.59 Å². The lowest BCUT2D eigenvalue weighted by molar-refractivity contribution is -0.140. The van der Waals surface area contributed by atoms with Crippen LogP contribution >= 0.6 is 39.1 Å². The third-order valence-electron chi connectivity index (χ3n) is 5.71. The number of halogens is 3. The molecular weight excluding hydrogens is 547 g/mol. The fourth-order valence-corrected chi connectivity index (χ4v) is 4.36. The predicted octanol–water partition coefficient (Wildman–Crippen LogP) is 6.85. The van der Waals surface area contributed by atoms with Crippen LogP contribution in [0.25, 0.3) is 0 Å². The second-order valence-corrected chi connectivity index (χ2v) is 10.2. The van der Waals surface area contributed by atoms with E-state index in [2.05, 4.69) is 28.2 Å². The monoisotopic (exact) mass is 574 g/mol. The highest BCUT2D eigenvalue weighted by Gasteiger charge is 2.30. The van der Waals surface area contributed by atoms with Crippen LogP contribution in [0.4, 0.5) is 0 Å². The fourth-order valence-electron chi connectivity index (χ4n) is 3.77. The highest BCUT2D eigenvalue weighted by atomic mass is 79.9. The van der Waals surface area contributed by atoms with E-state index in [1.807, 2.05) is 54.6 Å². The predicted molar refractivity (Wildman–Crippen MR) is 147 cm³/mol. The average Bonchev–Trinajstić information content (AvgIpc) is 2.85. The summed E-state index contributed by atoms with van der Waals surface area (Å²) in [6.45, 7) is 2.97. The van der Waals surface area contributed by atoms with Gasteiger partial charge < -0.3 is 10.2 Å². The maximum atomic E-state index is 13.7. The molecule has 3 aromatic carbocycles. The first kappa shape index (κ1) is 27.3. The molecule has 1 N–H and O–H groups in total. The molecule has 0 fully saturated rings. The van der Waals surface area contributed by atoms with Gasteiger partial charge in [0.1, 0.15) is 6.04 Å². The Bertz CT molecular complexity index is 1120. The van der Waals surface area contributed by atoms with E-state index in [1.165, 1.54) is 0 Å². The van der Waals surface area contributed by atoms with E-state index < -0.39 is 6.04 Å². The molecule has 0 bridgehead atoms. The van der Waals surface area contributed by atoms with Gasteiger partial charge in [0.15, 0.2) is 0 Å². The summed E-state index contributed by atoms with van der Waals surface area (Å²) in [6.07, 6.45) is 2.39. The first-order valence-electron chi connectivity index (χ1n) is 11.7. The van der Waals surface area contributed by atoms with E-state index in [-0.39, 0.29) is 18.2 Å². The Morgan fingerprint density at radius 1 is 0.914 bits per heavy atom. The van der Waals surface area contributed by atoms with Gasteiger partial charge in [0.25, 0.3) is 0 Å². The largest absolute Gasteiger partial charge is 0.354 e. The zero-order valence-corrected chi connectivity index (χ0v) is 22.7. The molecule has 0 spiro atoms. The van der Waals surface area contributed by atoms with E-state index in [0.717, 1.165) is 34.0 Å². The highest BCUT2D eigenvalue weighted by molar-refractivity contribution is 9.10. The van der Waals surface area contributed by atoms with Gasteiger partial charge in [-0.1, -0.05) is 101 Å². The summed E-state index contributed by atoms with van der Waals surface area (Å²) >= 11 is 15.7. The Hall–Kier alpha value is -2.34. The molecule has 4 nitrogen and oxygen atoms in total. The molecule has 0 aliphatic heterocycles. The van der Waals surface area contributed by atoms with E-state index in [0.29, 0.717) is 29.6 Å².